The van der Waals surface area contributed by atoms with Gasteiger partial charge in [0, 0.05) is 0 Å². The number of likely N-dealkylation sites (tertiary alicyclic amines) is 1. The fourth-order valence-electron chi connectivity index (χ4n) is 4.03. The van der Waals surface area contributed by atoms with Gasteiger partial charge in [0.1, 0.15) is 6.04 Å². The van der Waals surface area contributed by atoms with Crippen LogP contribution in [0.25, 0.3) is 0 Å². The number of hydrogen-bond donors (Lipinski definition) is 1. The Morgan fingerprint density at radius 1 is 1.30 bits per heavy atom. The molecule has 5 nitrogen and oxygen atoms in total. The first-order valence-corrected chi connectivity index (χ1v) is 7.25. The van der Waals surface area contributed by atoms with Crippen molar-refractivity contribution in [3.63, 3.8) is 0 Å². The van der Waals surface area contributed by atoms with Gasteiger partial charge in [0.2, 0.25) is 11.8 Å². The molecule has 1 aliphatic heterocycles. The van der Waals surface area contributed by atoms with Crippen LogP contribution in [0.4, 0.5) is 0 Å². The fraction of sp³-hybridized carbons (Fsp3) is 0.667. The molecule has 108 valence electrons. The van der Waals surface area contributed by atoms with Crippen molar-refractivity contribution in [1.82, 2.24) is 4.90 Å². The lowest BCUT2D eigenvalue weighted by atomic mass is 9.85. The molecule has 0 aromatic heterocycles. The van der Waals surface area contributed by atoms with Gasteiger partial charge >= 0.3 is 5.97 Å². The molecule has 0 aromatic rings. The van der Waals surface area contributed by atoms with E-state index in [1.807, 2.05) is 19.1 Å². The molecule has 0 unspecified atom stereocenters. The van der Waals surface area contributed by atoms with Crippen LogP contribution in [0.2, 0.25) is 0 Å². The minimum atomic E-state index is -1.08. The maximum atomic E-state index is 12.6. The van der Waals surface area contributed by atoms with E-state index >= 15 is 0 Å². The molecule has 2 fully saturated rings. The molecular weight excluding hydrogens is 258 g/mol. The highest BCUT2D eigenvalue weighted by Crippen LogP contribution is 2.53. The Hall–Kier alpha value is -1.65. The van der Waals surface area contributed by atoms with E-state index in [1.54, 1.807) is 6.92 Å². The van der Waals surface area contributed by atoms with E-state index in [9.17, 15) is 19.5 Å². The predicted octanol–water partition coefficient (Wildman–Crippen LogP) is 1.29. The number of carboxylic acid groups (broad SMARTS) is 1. The summed E-state index contributed by atoms with van der Waals surface area (Å²) in [5.41, 5.74) is 0. The van der Waals surface area contributed by atoms with Gasteiger partial charge in [0.15, 0.2) is 0 Å². The van der Waals surface area contributed by atoms with Gasteiger partial charge in [-0.2, -0.15) is 0 Å². The number of imide groups is 1. The van der Waals surface area contributed by atoms with Crippen LogP contribution in [0.1, 0.15) is 26.7 Å². The third kappa shape index (κ3) is 1.58. The monoisotopic (exact) mass is 277 g/mol. The third-order valence-corrected chi connectivity index (χ3v) is 5.22. The molecule has 1 N–H and O–H groups in total. The molecule has 1 saturated carbocycles. The molecule has 0 aromatic carbocycles. The lowest BCUT2D eigenvalue weighted by Gasteiger charge is -2.28. The average Bonchev–Trinajstić information content (AvgIpc) is 3.07. The minimum Gasteiger partial charge on any atom is -0.480 e. The first-order chi connectivity index (χ1) is 9.47. The molecule has 6 atom stereocenters. The van der Waals surface area contributed by atoms with Crippen molar-refractivity contribution in [2.24, 2.45) is 29.6 Å². The molecule has 2 aliphatic carbocycles. The zero-order chi connectivity index (χ0) is 14.6. The fourth-order valence-corrected chi connectivity index (χ4v) is 4.03. The highest BCUT2D eigenvalue weighted by Gasteiger charge is 2.61. The van der Waals surface area contributed by atoms with Crippen LogP contribution in [0.5, 0.6) is 0 Å². The Morgan fingerprint density at radius 3 is 2.20 bits per heavy atom. The van der Waals surface area contributed by atoms with E-state index in [0.29, 0.717) is 6.42 Å². The zero-order valence-electron chi connectivity index (χ0n) is 11.7. The molecule has 20 heavy (non-hydrogen) atoms. The van der Waals surface area contributed by atoms with Gasteiger partial charge in [-0.05, 0) is 24.2 Å². The molecule has 5 heteroatoms. The Kier molecular flexibility index (Phi) is 2.96. The van der Waals surface area contributed by atoms with Crippen LogP contribution in [-0.4, -0.2) is 33.8 Å². The van der Waals surface area contributed by atoms with Crippen molar-refractivity contribution in [3.8, 4) is 0 Å². The van der Waals surface area contributed by atoms with Gasteiger partial charge < -0.3 is 5.11 Å². The first-order valence-electron chi connectivity index (χ1n) is 7.25. The quantitative estimate of drug-likeness (QED) is 0.620. The summed E-state index contributed by atoms with van der Waals surface area (Å²) in [5.74, 6) is -2.25. The van der Waals surface area contributed by atoms with Crippen LogP contribution in [-0.2, 0) is 14.4 Å². The lowest BCUT2D eigenvalue weighted by Crippen LogP contribution is -2.49. The molecule has 1 heterocycles. The van der Waals surface area contributed by atoms with Crippen molar-refractivity contribution < 1.29 is 19.5 Å². The van der Waals surface area contributed by atoms with E-state index < -0.39 is 12.0 Å². The summed E-state index contributed by atoms with van der Waals surface area (Å²) in [7, 11) is 0. The number of fused-ring (bicyclic) bond motifs is 5. The summed E-state index contributed by atoms with van der Waals surface area (Å²) in [5, 5.41) is 9.42. The van der Waals surface area contributed by atoms with Crippen molar-refractivity contribution in [2.75, 3.05) is 0 Å². The van der Waals surface area contributed by atoms with E-state index in [2.05, 4.69) is 0 Å². The smallest absolute Gasteiger partial charge is 0.327 e. The second-order valence-corrected chi connectivity index (χ2v) is 6.21. The minimum absolute atomic E-state index is 0.123. The van der Waals surface area contributed by atoms with Gasteiger partial charge in [0.05, 0.1) is 11.8 Å². The number of aliphatic carboxylic acids is 1. The Morgan fingerprint density at radius 2 is 1.80 bits per heavy atom. The van der Waals surface area contributed by atoms with Crippen LogP contribution < -0.4 is 0 Å². The van der Waals surface area contributed by atoms with E-state index in [-0.39, 0.29) is 41.4 Å². The molecule has 0 spiro atoms. The molecular formula is C15H19NO4. The second-order valence-electron chi connectivity index (χ2n) is 6.21. The molecule has 3 rings (SSSR count). The molecule has 1 saturated heterocycles. The Labute approximate surface area is 117 Å². The largest absolute Gasteiger partial charge is 0.480 e. The summed E-state index contributed by atoms with van der Waals surface area (Å²) in [6.07, 6.45) is 5.51. The van der Waals surface area contributed by atoms with Crippen LogP contribution in [0, 0.1) is 29.6 Å². The lowest BCUT2D eigenvalue weighted by molar-refractivity contribution is -0.157. The van der Waals surface area contributed by atoms with Crippen molar-refractivity contribution in [2.45, 2.75) is 32.7 Å². The van der Waals surface area contributed by atoms with Crippen molar-refractivity contribution in [3.05, 3.63) is 12.2 Å². The number of amides is 2. The first kappa shape index (κ1) is 13.3. The number of carboxylic acids is 1. The number of rotatable bonds is 4. The normalized spacial score (nSPS) is 37.4. The molecule has 2 amide bonds. The van der Waals surface area contributed by atoms with Gasteiger partial charge in [-0.25, -0.2) is 4.79 Å². The van der Waals surface area contributed by atoms with Crippen LogP contribution >= 0.6 is 0 Å². The highest BCUT2D eigenvalue weighted by molar-refractivity contribution is 6.08. The molecule has 3 aliphatic rings. The standard InChI is InChI=1S/C15H19NO4/c1-3-7(2)12(15(19)20)16-13(17)10-8-4-5-9(6-8)11(10)14(16)18/h4-5,7-12H,3,6H2,1-2H3,(H,19,20)/t7-,8-,9+,10+,11-,12-/m1/s1. The van der Waals surface area contributed by atoms with Crippen molar-refractivity contribution in [1.29, 1.82) is 0 Å². The van der Waals surface area contributed by atoms with Gasteiger partial charge in [0.25, 0.3) is 0 Å². The van der Waals surface area contributed by atoms with Crippen LogP contribution in [0.15, 0.2) is 12.2 Å². The molecule has 0 radical (unpaired) electrons. The summed E-state index contributed by atoms with van der Waals surface area (Å²) < 4.78 is 0. The Bertz CT molecular complexity index is 482. The number of hydrogen-bond acceptors (Lipinski definition) is 3. The molecule has 2 bridgehead atoms. The van der Waals surface area contributed by atoms with Crippen LogP contribution in [0.3, 0.4) is 0 Å². The maximum Gasteiger partial charge on any atom is 0.327 e. The second kappa shape index (κ2) is 4.43. The third-order valence-electron chi connectivity index (χ3n) is 5.22. The number of nitrogens with zero attached hydrogens (tertiary/aromatic N) is 1. The summed E-state index contributed by atoms with van der Waals surface area (Å²) in [6, 6.07) is -1.02. The number of carbonyl (C=O) groups is 3. The average molecular weight is 277 g/mol. The van der Waals surface area contributed by atoms with Gasteiger partial charge in [-0.1, -0.05) is 32.4 Å². The van der Waals surface area contributed by atoms with E-state index in [4.69, 9.17) is 0 Å². The topological polar surface area (TPSA) is 74.7 Å². The zero-order valence-corrected chi connectivity index (χ0v) is 11.7. The van der Waals surface area contributed by atoms with E-state index in [1.165, 1.54) is 0 Å². The van der Waals surface area contributed by atoms with Gasteiger partial charge in [-0.3, -0.25) is 14.5 Å². The summed E-state index contributed by atoms with van der Waals surface area (Å²) >= 11 is 0. The van der Waals surface area contributed by atoms with E-state index in [0.717, 1.165) is 11.3 Å². The summed E-state index contributed by atoms with van der Waals surface area (Å²) in [4.78, 5) is 37.7. The van der Waals surface area contributed by atoms with Crippen molar-refractivity contribution >= 4 is 17.8 Å². The maximum absolute atomic E-state index is 12.6. The number of carbonyl (C=O) groups excluding carboxylic acids is 2. The predicted molar refractivity (Wildman–Crippen MR) is 70.4 cm³/mol. The van der Waals surface area contributed by atoms with Gasteiger partial charge in [-0.15, -0.1) is 0 Å². The Balaban J connectivity index is 1.94. The number of allylic oxidation sites excluding steroid dienone is 2. The highest BCUT2D eigenvalue weighted by atomic mass is 16.4. The SMILES string of the molecule is CC[C@@H](C)[C@H](C(=O)O)N1C(=O)[C@@H]2[C@H](C1=O)[C@H]1C=C[C@@H]2C1. The summed E-state index contributed by atoms with van der Waals surface area (Å²) in [6.45, 7) is 3.65.